The monoisotopic (exact) mass is 502 g/mol. The summed E-state index contributed by atoms with van der Waals surface area (Å²) in [7, 11) is -2.47. The second-order valence-corrected chi connectivity index (χ2v) is 17.7. The van der Waals surface area contributed by atoms with E-state index in [0.29, 0.717) is 13.2 Å². The van der Waals surface area contributed by atoms with Gasteiger partial charge in [-0.15, -0.1) is 0 Å². The van der Waals surface area contributed by atoms with E-state index in [0.717, 1.165) is 24.0 Å². The molecule has 7 atom stereocenters. The summed E-state index contributed by atoms with van der Waals surface area (Å²) in [5.41, 5.74) is -0.842. The Morgan fingerprint density at radius 2 is 1.74 bits per heavy atom. The standard InChI is InChI=1S/C29H46O5Si/c1-20-16-28(34-35(7,8)26(4,5)6)27(30,19-32-18-23-12-10-9-11-13-23)25-21(2)14-15-24(25)22(3)29(28,31)33-17-20/h9-13,16,21-22,24-25,30-31H,14-15,17-19H2,1-8H3/t21-,22-,24-,25+,27+,28-,29+/m1/s1. The van der Waals surface area contributed by atoms with Gasteiger partial charge in [0, 0.05) is 5.92 Å². The van der Waals surface area contributed by atoms with Crippen LogP contribution in [0, 0.1) is 23.7 Å². The quantitative estimate of drug-likeness (QED) is 0.387. The zero-order valence-corrected chi connectivity index (χ0v) is 23.9. The van der Waals surface area contributed by atoms with Crippen LogP contribution in [0.4, 0.5) is 0 Å². The Kier molecular flexibility index (Phi) is 7.00. The Bertz CT molecular complexity index is 940. The summed E-state index contributed by atoms with van der Waals surface area (Å²) in [5, 5.41) is 25.3. The van der Waals surface area contributed by atoms with Crippen molar-refractivity contribution in [1.82, 2.24) is 0 Å². The van der Waals surface area contributed by atoms with E-state index in [9.17, 15) is 10.2 Å². The van der Waals surface area contributed by atoms with E-state index >= 15 is 0 Å². The second kappa shape index (κ2) is 9.07. The highest BCUT2D eigenvalue weighted by Gasteiger charge is 2.77. The fraction of sp³-hybridized carbons (Fsp3) is 0.724. The third-order valence-corrected chi connectivity index (χ3v) is 14.1. The molecule has 196 valence electrons. The van der Waals surface area contributed by atoms with Gasteiger partial charge in [0.2, 0.25) is 5.79 Å². The van der Waals surface area contributed by atoms with Crippen molar-refractivity contribution in [1.29, 1.82) is 0 Å². The molecule has 0 aromatic heterocycles. The number of hydrogen-bond acceptors (Lipinski definition) is 5. The van der Waals surface area contributed by atoms with Crippen molar-refractivity contribution in [3.8, 4) is 0 Å². The highest BCUT2D eigenvalue weighted by atomic mass is 28.4. The van der Waals surface area contributed by atoms with Gasteiger partial charge in [0.15, 0.2) is 13.9 Å². The summed E-state index contributed by atoms with van der Waals surface area (Å²) in [6, 6.07) is 10.0. The molecule has 0 amide bonds. The summed E-state index contributed by atoms with van der Waals surface area (Å²) in [5.74, 6) is -1.47. The molecule has 2 aliphatic carbocycles. The van der Waals surface area contributed by atoms with Crippen LogP contribution in [0.15, 0.2) is 42.0 Å². The van der Waals surface area contributed by atoms with Crippen LogP contribution in [0.25, 0.3) is 0 Å². The molecular weight excluding hydrogens is 456 g/mol. The first-order valence-electron chi connectivity index (χ1n) is 13.3. The molecule has 6 heteroatoms. The van der Waals surface area contributed by atoms with Gasteiger partial charge in [0.05, 0.1) is 19.8 Å². The summed E-state index contributed by atoms with van der Waals surface area (Å²) >= 11 is 0. The van der Waals surface area contributed by atoms with Gasteiger partial charge in [0.1, 0.15) is 5.60 Å². The second-order valence-electron chi connectivity index (χ2n) is 13.0. The maximum absolute atomic E-state index is 13.0. The Hall–Kier alpha value is -1.02. The van der Waals surface area contributed by atoms with Gasteiger partial charge in [0.25, 0.3) is 0 Å². The van der Waals surface area contributed by atoms with Crippen molar-refractivity contribution in [2.75, 3.05) is 13.2 Å². The van der Waals surface area contributed by atoms with Crippen LogP contribution < -0.4 is 0 Å². The Balaban J connectivity index is 1.86. The minimum absolute atomic E-state index is 0.0657. The lowest BCUT2D eigenvalue weighted by atomic mass is 9.53. The van der Waals surface area contributed by atoms with E-state index < -0.39 is 25.3 Å². The lowest BCUT2D eigenvalue weighted by Gasteiger charge is -2.66. The maximum atomic E-state index is 13.0. The van der Waals surface area contributed by atoms with Gasteiger partial charge in [-0.2, -0.15) is 0 Å². The summed E-state index contributed by atoms with van der Waals surface area (Å²) in [6.07, 6.45) is 3.97. The zero-order chi connectivity index (χ0) is 25.9. The van der Waals surface area contributed by atoms with Gasteiger partial charge in [-0.25, -0.2) is 0 Å². The first kappa shape index (κ1) is 27.0. The Morgan fingerprint density at radius 3 is 2.37 bits per heavy atom. The van der Waals surface area contributed by atoms with Gasteiger partial charge in [-0.1, -0.05) is 71.4 Å². The highest BCUT2D eigenvalue weighted by Crippen LogP contribution is 2.64. The van der Waals surface area contributed by atoms with E-state index in [1.54, 1.807) is 0 Å². The first-order chi connectivity index (χ1) is 16.2. The molecule has 2 fully saturated rings. The lowest BCUT2D eigenvalue weighted by Crippen LogP contribution is -2.82. The molecule has 1 aliphatic heterocycles. The van der Waals surface area contributed by atoms with Crippen molar-refractivity contribution in [3.05, 3.63) is 47.5 Å². The van der Waals surface area contributed by atoms with Crippen molar-refractivity contribution in [3.63, 3.8) is 0 Å². The molecule has 2 saturated carbocycles. The summed E-state index contributed by atoms with van der Waals surface area (Å²) in [6.45, 7) is 18.0. The molecule has 0 spiro atoms. The van der Waals surface area contributed by atoms with Gasteiger partial charge >= 0.3 is 0 Å². The summed E-state index contributed by atoms with van der Waals surface area (Å²) in [4.78, 5) is 0. The summed E-state index contributed by atoms with van der Waals surface area (Å²) < 4.78 is 19.8. The first-order valence-corrected chi connectivity index (χ1v) is 16.2. The normalized spacial score (nSPS) is 39.7. The predicted molar refractivity (Wildman–Crippen MR) is 141 cm³/mol. The largest absolute Gasteiger partial charge is 0.400 e. The van der Waals surface area contributed by atoms with Crippen molar-refractivity contribution in [2.24, 2.45) is 23.7 Å². The van der Waals surface area contributed by atoms with Gasteiger partial charge < -0.3 is 24.1 Å². The van der Waals surface area contributed by atoms with E-state index in [2.05, 4.69) is 47.7 Å². The van der Waals surface area contributed by atoms with E-state index in [4.69, 9.17) is 13.9 Å². The SMILES string of the molecule is CC1=C[C@]2(O[Si](C)(C)C(C)(C)C)[C@@](O)(OC1)[C@H](C)[C@H]1CC[C@@H](C)[C@@H]1[C@@]2(O)COCc1ccccc1. The van der Waals surface area contributed by atoms with Gasteiger partial charge in [-0.3, -0.25) is 0 Å². The number of hydrogen-bond donors (Lipinski definition) is 2. The van der Waals surface area contributed by atoms with Gasteiger partial charge in [-0.05, 0) is 66.4 Å². The van der Waals surface area contributed by atoms with E-state index in [1.807, 2.05) is 43.3 Å². The number of fused-ring (bicyclic) bond motifs is 2. The third kappa shape index (κ3) is 4.18. The van der Waals surface area contributed by atoms with Crippen LogP contribution in [-0.4, -0.2) is 48.7 Å². The third-order valence-electron chi connectivity index (χ3n) is 9.64. The van der Waals surface area contributed by atoms with Crippen molar-refractivity contribution in [2.45, 2.75) is 96.1 Å². The molecule has 1 aromatic rings. The molecular formula is C29H46O5Si. The van der Waals surface area contributed by atoms with E-state index in [1.165, 1.54) is 0 Å². The van der Waals surface area contributed by atoms with Crippen molar-refractivity contribution >= 4 is 8.32 Å². The zero-order valence-electron chi connectivity index (χ0n) is 22.9. The maximum Gasteiger partial charge on any atom is 0.204 e. The Labute approximate surface area is 213 Å². The number of ether oxygens (including phenoxy) is 2. The highest BCUT2D eigenvalue weighted by molar-refractivity contribution is 6.74. The fourth-order valence-electron chi connectivity index (χ4n) is 6.74. The number of rotatable bonds is 6. The lowest BCUT2D eigenvalue weighted by molar-refractivity contribution is -0.390. The molecule has 5 nitrogen and oxygen atoms in total. The van der Waals surface area contributed by atoms with Crippen LogP contribution in [0.1, 0.15) is 59.9 Å². The molecule has 0 saturated heterocycles. The van der Waals surface area contributed by atoms with Crippen LogP contribution >= 0.6 is 0 Å². The van der Waals surface area contributed by atoms with Crippen LogP contribution in [0.3, 0.4) is 0 Å². The van der Waals surface area contributed by atoms with Crippen LogP contribution in [0.5, 0.6) is 0 Å². The number of benzene rings is 1. The van der Waals surface area contributed by atoms with Crippen LogP contribution in [0.2, 0.25) is 18.1 Å². The molecule has 2 N–H and O–H groups in total. The molecule has 1 heterocycles. The molecule has 4 rings (SSSR count). The van der Waals surface area contributed by atoms with E-state index in [-0.39, 0.29) is 35.3 Å². The van der Waals surface area contributed by atoms with Crippen molar-refractivity contribution < 1.29 is 24.1 Å². The predicted octanol–water partition coefficient (Wildman–Crippen LogP) is 5.67. The minimum Gasteiger partial charge on any atom is -0.400 e. The Morgan fingerprint density at radius 1 is 1.09 bits per heavy atom. The molecule has 0 radical (unpaired) electrons. The average molecular weight is 503 g/mol. The topological polar surface area (TPSA) is 68.2 Å². The van der Waals surface area contributed by atoms with Crippen LogP contribution in [-0.2, 0) is 20.5 Å². The molecule has 0 unspecified atom stereocenters. The average Bonchev–Trinajstić information content (AvgIpc) is 3.16. The fourth-order valence-corrected chi connectivity index (χ4v) is 8.23. The molecule has 3 aliphatic rings. The molecule has 35 heavy (non-hydrogen) atoms. The smallest absolute Gasteiger partial charge is 0.204 e. The number of aliphatic hydroxyl groups is 2. The molecule has 0 bridgehead atoms. The molecule has 1 aromatic carbocycles. The minimum atomic E-state index is -2.47.